The predicted molar refractivity (Wildman–Crippen MR) is 185 cm³/mol. The minimum atomic E-state index is -3.52. The molecule has 2 fully saturated rings. The summed E-state index contributed by atoms with van der Waals surface area (Å²) in [6, 6.07) is 20.5. The number of nitrogens with zero attached hydrogens (tertiary/aromatic N) is 4. The average Bonchev–Trinajstić information content (AvgIpc) is 3.71. The standard InChI is InChI=1S/C20H21FN2O.C18H28N2O3S/c1-23(2)11-3-10-20(17-5-7-18(21)8-6-17)19-9-4-15(13-22)12-16(19)14-24-20;1-15-7-11-19(12-8-15)13-9-16-4-3-10-20(16)24(22,23)18-6-2-5-17(21)14-18/h4-9,12H,3,10-11,14H2,1-2H3;2,5-6,14-16,21H,3-4,7-13H2,1H3/t;16-/m.1/s1. The molecule has 2 atom stereocenters. The summed E-state index contributed by atoms with van der Waals surface area (Å²) >= 11 is 0. The number of phenolic OH excluding ortho intramolecular Hbond substituents is 1. The van der Waals surface area contributed by atoms with Crippen LogP contribution < -0.4 is 0 Å². The van der Waals surface area contributed by atoms with Gasteiger partial charge in [0.15, 0.2) is 0 Å². The zero-order valence-corrected chi connectivity index (χ0v) is 29.3. The third-order valence-electron chi connectivity index (χ3n) is 9.99. The molecule has 1 N–H and O–H groups in total. The van der Waals surface area contributed by atoms with Crippen molar-refractivity contribution in [2.24, 2.45) is 5.92 Å². The lowest BCUT2D eigenvalue weighted by atomic mass is 9.81. The molecule has 48 heavy (non-hydrogen) atoms. The van der Waals surface area contributed by atoms with Gasteiger partial charge in [-0.25, -0.2) is 12.8 Å². The van der Waals surface area contributed by atoms with Gasteiger partial charge >= 0.3 is 0 Å². The van der Waals surface area contributed by atoms with E-state index in [-0.39, 0.29) is 22.5 Å². The van der Waals surface area contributed by atoms with E-state index in [0.29, 0.717) is 18.7 Å². The molecule has 0 aliphatic carbocycles. The highest BCUT2D eigenvalue weighted by Gasteiger charge is 2.41. The van der Waals surface area contributed by atoms with Crippen LogP contribution in [0.25, 0.3) is 0 Å². The Morgan fingerprint density at radius 1 is 1.04 bits per heavy atom. The summed E-state index contributed by atoms with van der Waals surface area (Å²) in [6.07, 6.45) is 7.01. The third kappa shape index (κ3) is 8.44. The maximum Gasteiger partial charge on any atom is 0.243 e. The molecule has 0 radical (unpaired) electrons. The molecule has 10 heteroatoms. The van der Waals surface area contributed by atoms with Crippen molar-refractivity contribution in [3.63, 3.8) is 0 Å². The van der Waals surface area contributed by atoms with Crippen LogP contribution in [0.5, 0.6) is 5.75 Å². The van der Waals surface area contributed by atoms with Crippen molar-refractivity contribution in [3.8, 4) is 11.8 Å². The van der Waals surface area contributed by atoms with E-state index in [2.05, 4.69) is 22.8 Å². The van der Waals surface area contributed by atoms with Gasteiger partial charge in [-0.05, 0) is 150 Å². The van der Waals surface area contributed by atoms with Crippen molar-refractivity contribution in [1.82, 2.24) is 14.1 Å². The predicted octanol–water partition coefficient (Wildman–Crippen LogP) is 6.48. The fraction of sp³-hybridized carbons (Fsp3) is 0.500. The zero-order valence-electron chi connectivity index (χ0n) is 28.4. The number of benzene rings is 3. The first-order valence-electron chi connectivity index (χ1n) is 17.1. The lowest BCUT2D eigenvalue weighted by Crippen LogP contribution is -2.40. The first-order valence-corrected chi connectivity index (χ1v) is 18.6. The van der Waals surface area contributed by atoms with E-state index >= 15 is 0 Å². The molecule has 3 aromatic carbocycles. The second-order valence-electron chi connectivity index (χ2n) is 13.7. The van der Waals surface area contributed by atoms with Gasteiger partial charge in [0.25, 0.3) is 0 Å². The number of piperidine rings is 1. The SMILES string of the molecule is CC1CCN(CC[C@H]2CCCN2S(=O)(=O)c2cccc(O)c2)CC1.CN(C)CCCC1(c2ccc(F)cc2)OCc2cc(C#N)ccc21. The fourth-order valence-electron chi connectivity index (χ4n) is 7.22. The number of fused-ring (bicyclic) bond motifs is 1. The van der Waals surface area contributed by atoms with Gasteiger partial charge in [0.05, 0.1) is 23.1 Å². The smallest absolute Gasteiger partial charge is 0.243 e. The minimum absolute atomic E-state index is 0.00532. The van der Waals surface area contributed by atoms with Gasteiger partial charge < -0.3 is 19.6 Å². The molecule has 3 aliphatic heterocycles. The summed E-state index contributed by atoms with van der Waals surface area (Å²) in [4.78, 5) is 4.81. The van der Waals surface area contributed by atoms with E-state index in [0.717, 1.165) is 80.9 Å². The molecule has 258 valence electrons. The first kappa shape index (κ1) is 36.0. The van der Waals surface area contributed by atoms with Gasteiger partial charge in [-0.1, -0.05) is 31.2 Å². The van der Waals surface area contributed by atoms with Crippen molar-refractivity contribution in [2.75, 3.05) is 46.8 Å². The molecule has 3 heterocycles. The van der Waals surface area contributed by atoms with E-state index in [1.165, 1.54) is 37.1 Å². The monoisotopic (exact) mass is 676 g/mol. The highest BCUT2D eigenvalue weighted by atomic mass is 32.2. The maximum absolute atomic E-state index is 13.4. The largest absolute Gasteiger partial charge is 0.508 e. The van der Waals surface area contributed by atoms with Gasteiger partial charge in [0, 0.05) is 12.6 Å². The van der Waals surface area contributed by atoms with Crippen LogP contribution in [0.1, 0.15) is 74.1 Å². The summed E-state index contributed by atoms with van der Waals surface area (Å²) in [5, 5.41) is 18.7. The molecule has 0 spiro atoms. The lowest BCUT2D eigenvalue weighted by molar-refractivity contribution is -0.0140. The van der Waals surface area contributed by atoms with Crippen LogP contribution in [-0.4, -0.2) is 80.5 Å². The maximum atomic E-state index is 13.4. The molecule has 3 aromatic rings. The number of ether oxygens (including phenoxy) is 1. The molecule has 8 nitrogen and oxygen atoms in total. The molecule has 3 aliphatic rings. The molecule has 6 rings (SSSR count). The van der Waals surface area contributed by atoms with Gasteiger partial charge in [-0.3, -0.25) is 0 Å². The van der Waals surface area contributed by atoms with Crippen molar-refractivity contribution in [1.29, 1.82) is 5.26 Å². The first-order chi connectivity index (χ1) is 23.0. The van der Waals surface area contributed by atoms with E-state index in [1.54, 1.807) is 28.6 Å². The molecule has 0 amide bonds. The van der Waals surface area contributed by atoms with Gasteiger partial charge in [-0.15, -0.1) is 0 Å². The van der Waals surface area contributed by atoms with E-state index in [1.807, 2.05) is 32.3 Å². The molecular weight excluding hydrogens is 628 g/mol. The molecule has 1 unspecified atom stereocenters. The number of halogens is 1. The summed E-state index contributed by atoms with van der Waals surface area (Å²) in [6.45, 7) is 7.56. The van der Waals surface area contributed by atoms with E-state index < -0.39 is 15.6 Å². The van der Waals surface area contributed by atoms with Gasteiger partial charge in [-0.2, -0.15) is 9.57 Å². The number of aromatic hydroxyl groups is 1. The highest BCUT2D eigenvalue weighted by Crippen LogP contribution is 2.45. The van der Waals surface area contributed by atoms with Crippen LogP contribution in [0.3, 0.4) is 0 Å². The number of phenols is 1. The third-order valence-corrected chi connectivity index (χ3v) is 11.9. The Morgan fingerprint density at radius 3 is 2.48 bits per heavy atom. The van der Waals surface area contributed by atoms with Crippen molar-refractivity contribution in [3.05, 3.63) is 94.8 Å². The minimum Gasteiger partial charge on any atom is -0.508 e. The Morgan fingerprint density at radius 2 is 1.79 bits per heavy atom. The number of likely N-dealkylation sites (tertiary alicyclic amines) is 1. The fourth-order valence-corrected chi connectivity index (χ4v) is 8.98. The topological polar surface area (TPSA) is 97.1 Å². The van der Waals surface area contributed by atoms with E-state index in [4.69, 9.17) is 10.00 Å². The van der Waals surface area contributed by atoms with Crippen LogP contribution >= 0.6 is 0 Å². The summed E-state index contributed by atoms with van der Waals surface area (Å²) in [5.74, 6) is 0.560. The van der Waals surface area contributed by atoms with Crippen molar-refractivity contribution >= 4 is 10.0 Å². The highest BCUT2D eigenvalue weighted by molar-refractivity contribution is 7.89. The summed E-state index contributed by atoms with van der Waals surface area (Å²) in [5.41, 5.74) is 3.18. The van der Waals surface area contributed by atoms with Crippen molar-refractivity contribution < 1.29 is 22.7 Å². The van der Waals surface area contributed by atoms with Crippen LogP contribution in [0, 0.1) is 23.1 Å². The van der Waals surface area contributed by atoms with Crippen LogP contribution in [0.15, 0.2) is 71.6 Å². The summed E-state index contributed by atoms with van der Waals surface area (Å²) in [7, 11) is 0.580. The Labute approximate surface area is 285 Å². The Kier molecular flexibility index (Phi) is 11.9. The number of nitriles is 1. The number of sulfonamides is 1. The summed E-state index contributed by atoms with van der Waals surface area (Å²) < 4.78 is 47.1. The molecule has 0 saturated carbocycles. The molecule has 0 aromatic heterocycles. The Hall–Kier alpha value is -3.33. The van der Waals surface area contributed by atoms with Crippen molar-refractivity contribution in [2.45, 2.75) is 75.0 Å². The van der Waals surface area contributed by atoms with Gasteiger partial charge in [0.2, 0.25) is 10.0 Å². The average molecular weight is 677 g/mol. The van der Waals surface area contributed by atoms with Crippen LogP contribution in [-0.2, 0) is 27.0 Å². The zero-order chi connectivity index (χ0) is 34.3. The van der Waals surface area contributed by atoms with E-state index in [9.17, 15) is 17.9 Å². The molecule has 2 saturated heterocycles. The number of hydrogen-bond acceptors (Lipinski definition) is 7. The molecule has 0 bridgehead atoms. The Balaban J connectivity index is 0.000000188. The number of rotatable bonds is 10. The second kappa shape index (κ2) is 15.9. The quantitative estimate of drug-likeness (QED) is 0.263. The normalized spacial score (nSPS) is 21.9. The Bertz CT molecular complexity index is 1670. The molecular formula is C38H49FN4O4S. The second-order valence-corrected chi connectivity index (χ2v) is 15.6. The van der Waals surface area contributed by atoms with Gasteiger partial charge in [0.1, 0.15) is 17.2 Å². The van der Waals surface area contributed by atoms with Crippen LogP contribution in [0.2, 0.25) is 0 Å². The lowest BCUT2D eigenvalue weighted by Gasteiger charge is -2.32. The van der Waals surface area contributed by atoms with Crippen LogP contribution in [0.4, 0.5) is 4.39 Å². The number of hydrogen-bond donors (Lipinski definition) is 1.